The van der Waals surface area contributed by atoms with Crippen LogP contribution in [0.25, 0.3) is 16.6 Å². The predicted molar refractivity (Wildman–Crippen MR) is 120 cm³/mol. The van der Waals surface area contributed by atoms with Crippen LogP contribution in [0.1, 0.15) is 13.8 Å². The molecule has 0 atom stereocenters. The maximum Gasteiger partial charge on any atom is 0.266 e. The molecule has 29 heavy (non-hydrogen) atoms. The predicted octanol–water partition coefficient (Wildman–Crippen LogP) is 4.56. The molecule has 0 radical (unpaired) electrons. The Labute approximate surface area is 179 Å². The lowest BCUT2D eigenvalue weighted by atomic mass is 10.2. The molecule has 1 aromatic heterocycles. The summed E-state index contributed by atoms with van der Waals surface area (Å²) in [4.78, 5) is 32.3. The molecule has 0 aliphatic carbocycles. The summed E-state index contributed by atoms with van der Waals surface area (Å²) in [5.74, 6) is 0.129. The molecule has 1 heterocycles. The fourth-order valence-corrected chi connectivity index (χ4v) is 4.10. The molecule has 3 aromatic rings. The molecule has 1 amide bonds. The van der Waals surface area contributed by atoms with Gasteiger partial charge in [0.15, 0.2) is 5.16 Å². The van der Waals surface area contributed by atoms with Crippen LogP contribution in [0, 0.1) is 0 Å². The van der Waals surface area contributed by atoms with E-state index in [1.807, 2.05) is 26.0 Å². The lowest BCUT2D eigenvalue weighted by Gasteiger charge is -2.21. The molecule has 0 aliphatic heterocycles. The Bertz CT molecular complexity index is 1130. The molecule has 0 saturated carbocycles. The van der Waals surface area contributed by atoms with Crippen LogP contribution < -0.4 is 5.56 Å². The quantitative estimate of drug-likeness (QED) is 0.315. The highest BCUT2D eigenvalue weighted by atomic mass is 35.5. The van der Waals surface area contributed by atoms with Crippen molar-refractivity contribution in [3.8, 4) is 5.69 Å². The first kappa shape index (κ1) is 21.1. The van der Waals surface area contributed by atoms with Gasteiger partial charge in [-0.25, -0.2) is 4.98 Å². The summed E-state index contributed by atoms with van der Waals surface area (Å²) in [5.41, 5.74) is 1.83. The number of hydrogen-bond donors (Lipinski definition) is 0. The van der Waals surface area contributed by atoms with E-state index < -0.39 is 0 Å². The zero-order chi connectivity index (χ0) is 21.0. The van der Waals surface area contributed by atoms with Crippen LogP contribution in [0.4, 0.5) is 0 Å². The topological polar surface area (TPSA) is 55.2 Å². The summed E-state index contributed by atoms with van der Waals surface area (Å²) in [7, 11) is 0. The van der Waals surface area contributed by atoms with Crippen molar-refractivity contribution in [1.82, 2.24) is 14.5 Å². The van der Waals surface area contributed by atoms with E-state index in [4.69, 9.17) is 11.6 Å². The van der Waals surface area contributed by atoms with Gasteiger partial charge < -0.3 is 4.90 Å². The summed E-state index contributed by atoms with van der Waals surface area (Å²) in [6.07, 6.45) is 0. The molecular weight excluding hydrogens is 406 g/mol. The van der Waals surface area contributed by atoms with E-state index in [9.17, 15) is 9.59 Å². The first-order valence-electron chi connectivity index (χ1n) is 9.24. The molecule has 0 N–H and O–H groups in total. The highest BCUT2D eigenvalue weighted by Crippen LogP contribution is 2.25. The number of benzene rings is 2. The van der Waals surface area contributed by atoms with Gasteiger partial charge >= 0.3 is 0 Å². The molecule has 0 fully saturated rings. The van der Waals surface area contributed by atoms with Gasteiger partial charge in [0, 0.05) is 13.1 Å². The summed E-state index contributed by atoms with van der Waals surface area (Å²) >= 11 is 7.60. The molecule has 0 spiro atoms. The molecular formula is C22H22ClN3O2S. The average Bonchev–Trinajstić information content (AvgIpc) is 2.71. The summed E-state index contributed by atoms with van der Waals surface area (Å²) in [6.45, 7) is 8.81. The van der Waals surface area contributed by atoms with Crippen LogP contribution in [-0.2, 0) is 4.79 Å². The third-order valence-electron chi connectivity index (χ3n) is 4.36. The maximum atomic E-state index is 13.2. The number of hydrogen-bond acceptors (Lipinski definition) is 4. The molecule has 150 valence electrons. The minimum atomic E-state index is -0.215. The third-order valence-corrected chi connectivity index (χ3v) is 5.60. The number of carbonyl (C=O) groups excluding carboxylic acids is 1. The van der Waals surface area contributed by atoms with E-state index in [0.717, 1.165) is 5.57 Å². The van der Waals surface area contributed by atoms with Crippen molar-refractivity contribution in [3.05, 3.63) is 76.1 Å². The number of nitrogens with zero attached hydrogens (tertiary/aromatic N) is 3. The fraction of sp³-hybridized carbons (Fsp3) is 0.227. The van der Waals surface area contributed by atoms with Gasteiger partial charge in [0.05, 0.1) is 27.4 Å². The number of likely N-dealkylation sites (N-methyl/N-ethyl adjacent to an activating group) is 1. The van der Waals surface area contributed by atoms with Gasteiger partial charge in [0.1, 0.15) is 0 Å². The average molecular weight is 428 g/mol. The van der Waals surface area contributed by atoms with E-state index in [2.05, 4.69) is 11.6 Å². The van der Waals surface area contributed by atoms with Crippen molar-refractivity contribution in [2.75, 3.05) is 18.8 Å². The van der Waals surface area contributed by atoms with E-state index >= 15 is 0 Å². The lowest BCUT2D eigenvalue weighted by molar-refractivity contribution is -0.127. The zero-order valence-electron chi connectivity index (χ0n) is 16.4. The Hall–Kier alpha value is -2.57. The Kier molecular flexibility index (Phi) is 6.77. The van der Waals surface area contributed by atoms with Crippen LogP contribution in [0.3, 0.4) is 0 Å². The van der Waals surface area contributed by atoms with Crippen LogP contribution in [0.2, 0.25) is 5.02 Å². The summed E-state index contributed by atoms with van der Waals surface area (Å²) in [5, 5.41) is 1.37. The van der Waals surface area contributed by atoms with Crippen molar-refractivity contribution in [3.63, 3.8) is 0 Å². The van der Waals surface area contributed by atoms with Crippen molar-refractivity contribution < 1.29 is 4.79 Å². The Morgan fingerprint density at radius 1 is 1.21 bits per heavy atom. The Morgan fingerprint density at radius 3 is 2.59 bits per heavy atom. The highest BCUT2D eigenvalue weighted by Gasteiger charge is 2.18. The van der Waals surface area contributed by atoms with Crippen LogP contribution in [0.5, 0.6) is 0 Å². The van der Waals surface area contributed by atoms with Gasteiger partial charge in [-0.05, 0) is 38.1 Å². The molecule has 5 nitrogen and oxygen atoms in total. The van der Waals surface area contributed by atoms with Gasteiger partial charge in [-0.3, -0.25) is 14.2 Å². The molecule has 0 unspecified atom stereocenters. The summed E-state index contributed by atoms with van der Waals surface area (Å²) in [6, 6.07) is 14.3. The fourth-order valence-electron chi connectivity index (χ4n) is 2.97. The zero-order valence-corrected chi connectivity index (χ0v) is 18.0. The molecule has 3 rings (SSSR count). The molecule has 7 heteroatoms. The smallest absolute Gasteiger partial charge is 0.266 e. The van der Waals surface area contributed by atoms with E-state index in [1.165, 1.54) is 16.3 Å². The number of aromatic nitrogens is 2. The van der Waals surface area contributed by atoms with E-state index in [0.29, 0.717) is 39.9 Å². The normalized spacial score (nSPS) is 10.9. The van der Waals surface area contributed by atoms with Crippen molar-refractivity contribution in [2.24, 2.45) is 0 Å². The van der Waals surface area contributed by atoms with Gasteiger partial charge in [-0.2, -0.15) is 0 Å². The van der Waals surface area contributed by atoms with Crippen LogP contribution >= 0.6 is 23.4 Å². The second kappa shape index (κ2) is 9.29. The number of halogens is 1. The van der Waals surface area contributed by atoms with Gasteiger partial charge in [-0.15, -0.1) is 0 Å². The minimum absolute atomic E-state index is 0.0337. The van der Waals surface area contributed by atoms with Crippen LogP contribution in [0.15, 0.2) is 70.6 Å². The Balaban J connectivity index is 2.04. The second-order valence-corrected chi connectivity index (χ2v) is 8.01. The maximum absolute atomic E-state index is 13.2. The molecule has 2 aromatic carbocycles. The Morgan fingerprint density at radius 2 is 1.90 bits per heavy atom. The second-order valence-electron chi connectivity index (χ2n) is 6.66. The van der Waals surface area contributed by atoms with Crippen molar-refractivity contribution >= 4 is 40.2 Å². The number of carbonyl (C=O) groups is 1. The summed E-state index contributed by atoms with van der Waals surface area (Å²) < 4.78 is 1.48. The number of rotatable bonds is 7. The molecule has 0 saturated heterocycles. The van der Waals surface area contributed by atoms with Crippen molar-refractivity contribution in [1.29, 1.82) is 0 Å². The largest absolute Gasteiger partial charge is 0.338 e. The molecule has 0 bridgehead atoms. The van der Waals surface area contributed by atoms with E-state index in [1.54, 1.807) is 41.3 Å². The van der Waals surface area contributed by atoms with Crippen LogP contribution in [-0.4, -0.2) is 39.2 Å². The number of fused-ring (bicyclic) bond motifs is 1. The number of para-hydroxylation sites is 2. The number of thioether (sulfide) groups is 1. The van der Waals surface area contributed by atoms with Gasteiger partial charge in [0.2, 0.25) is 5.91 Å². The standard InChI is InChI=1S/C22H22ClN3O2S/c1-4-25(13-15(2)3)20(27)14-29-22-24-18-11-7-5-9-16(18)21(28)26(22)19-12-8-6-10-17(19)23/h5-12H,2,4,13-14H2,1,3H3. The monoisotopic (exact) mass is 427 g/mol. The highest BCUT2D eigenvalue weighted by molar-refractivity contribution is 7.99. The van der Waals surface area contributed by atoms with Gasteiger partial charge in [-0.1, -0.05) is 59.8 Å². The first-order chi connectivity index (χ1) is 13.9. The minimum Gasteiger partial charge on any atom is -0.338 e. The first-order valence-corrected chi connectivity index (χ1v) is 10.6. The third kappa shape index (κ3) is 4.71. The van der Waals surface area contributed by atoms with E-state index in [-0.39, 0.29) is 17.2 Å². The van der Waals surface area contributed by atoms with Crippen molar-refractivity contribution in [2.45, 2.75) is 19.0 Å². The van der Waals surface area contributed by atoms with Gasteiger partial charge in [0.25, 0.3) is 5.56 Å². The lowest BCUT2D eigenvalue weighted by Crippen LogP contribution is -2.33. The molecule has 0 aliphatic rings. The number of amides is 1. The SMILES string of the molecule is C=C(C)CN(CC)C(=O)CSc1nc2ccccc2c(=O)n1-c1ccccc1Cl.